The normalized spacial score (nSPS) is 16.8. The van der Waals surface area contributed by atoms with Crippen LogP contribution in [-0.4, -0.2) is 51.8 Å². The van der Waals surface area contributed by atoms with Gasteiger partial charge in [0, 0.05) is 19.3 Å². The molecule has 3 N–H and O–H groups in total. The highest BCUT2D eigenvalue weighted by Crippen LogP contribution is 2.31. The van der Waals surface area contributed by atoms with Crippen LogP contribution in [0.15, 0.2) is 46.3 Å². The molecule has 1 amide bonds. The maximum Gasteiger partial charge on any atom is 0.416 e. The molecule has 1 aromatic heterocycles. The molecule has 8 nitrogen and oxygen atoms in total. The molecule has 0 radical (unpaired) electrons. The van der Waals surface area contributed by atoms with Crippen LogP contribution in [0.4, 0.5) is 18.9 Å². The van der Waals surface area contributed by atoms with Gasteiger partial charge in [0.2, 0.25) is 9.84 Å². The van der Waals surface area contributed by atoms with Gasteiger partial charge in [0.25, 0.3) is 5.91 Å². The lowest BCUT2D eigenvalue weighted by Crippen LogP contribution is -2.29. The van der Waals surface area contributed by atoms with Gasteiger partial charge in [-0.1, -0.05) is 0 Å². The molecule has 1 atom stereocenters. The van der Waals surface area contributed by atoms with Gasteiger partial charge in [-0.15, -0.1) is 0 Å². The third-order valence-electron chi connectivity index (χ3n) is 4.77. The second kappa shape index (κ2) is 9.84. The molecule has 1 aliphatic rings. The second-order valence-corrected chi connectivity index (χ2v) is 9.05. The van der Waals surface area contributed by atoms with Gasteiger partial charge in [-0.05, 0) is 43.2 Å². The van der Waals surface area contributed by atoms with Crippen LogP contribution in [0.1, 0.15) is 28.9 Å². The van der Waals surface area contributed by atoms with Crippen molar-refractivity contribution in [2.45, 2.75) is 34.9 Å². The van der Waals surface area contributed by atoms with Gasteiger partial charge in [-0.2, -0.15) is 13.2 Å². The first-order valence-electron chi connectivity index (χ1n) is 9.74. The summed E-state index contributed by atoms with van der Waals surface area (Å²) in [7, 11) is -4.17. The van der Waals surface area contributed by atoms with Gasteiger partial charge in [-0.25, -0.2) is 13.4 Å². The first kappa shape index (κ1) is 24.0. The van der Waals surface area contributed by atoms with E-state index in [-0.39, 0.29) is 40.4 Å². The quantitative estimate of drug-likeness (QED) is 0.565. The van der Waals surface area contributed by atoms with Crippen LogP contribution in [0.25, 0.3) is 0 Å². The summed E-state index contributed by atoms with van der Waals surface area (Å²) >= 11 is 0. The third kappa shape index (κ3) is 5.75. The van der Waals surface area contributed by atoms with Gasteiger partial charge in [0.1, 0.15) is 0 Å². The van der Waals surface area contributed by atoms with Crippen molar-refractivity contribution >= 4 is 21.4 Å². The highest BCUT2D eigenvalue weighted by Gasteiger charge is 2.31. The lowest BCUT2D eigenvalue weighted by molar-refractivity contribution is -0.137. The number of sulfone groups is 1. The van der Waals surface area contributed by atoms with Gasteiger partial charge in [0.05, 0.1) is 40.4 Å². The largest absolute Gasteiger partial charge is 0.416 e. The standard InChI is InChI=1S/C20H22F3N3O5S/c21-20(22,23)13-3-5-15(6-4-13)32(28,29)16-10-17(24)18(26-11-16)19(27)25-7-9-30-12-14-2-1-8-31-14/h3-6,10-11,14H,1-2,7-9,12,24H2,(H,25,27). The predicted octanol–water partition coefficient (Wildman–Crippen LogP) is 2.44. The molecule has 0 aliphatic carbocycles. The maximum absolute atomic E-state index is 12.7. The minimum atomic E-state index is -4.58. The summed E-state index contributed by atoms with van der Waals surface area (Å²) in [5.74, 6) is -0.610. The fourth-order valence-electron chi connectivity index (χ4n) is 3.07. The molecule has 0 saturated carbocycles. The molecule has 32 heavy (non-hydrogen) atoms. The van der Waals surface area contributed by atoms with E-state index in [1.165, 1.54) is 0 Å². The predicted molar refractivity (Wildman–Crippen MR) is 108 cm³/mol. The van der Waals surface area contributed by atoms with Crippen LogP contribution in [0.3, 0.4) is 0 Å². The van der Waals surface area contributed by atoms with Crippen LogP contribution in [0, 0.1) is 0 Å². The number of carbonyl (C=O) groups is 1. The number of carbonyl (C=O) groups excluding carboxylic acids is 1. The Morgan fingerprint density at radius 3 is 2.56 bits per heavy atom. The molecule has 1 unspecified atom stereocenters. The number of rotatable bonds is 8. The first-order valence-corrected chi connectivity index (χ1v) is 11.2. The Morgan fingerprint density at radius 2 is 1.97 bits per heavy atom. The van der Waals surface area contributed by atoms with Crippen LogP contribution < -0.4 is 11.1 Å². The Balaban J connectivity index is 1.61. The van der Waals surface area contributed by atoms with Crippen molar-refractivity contribution in [3.05, 3.63) is 47.8 Å². The second-order valence-electron chi connectivity index (χ2n) is 7.10. The Bertz CT molecular complexity index is 1050. The van der Waals surface area contributed by atoms with Crippen molar-refractivity contribution < 1.29 is 35.9 Å². The number of alkyl halides is 3. The van der Waals surface area contributed by atoms with Gasteiger partial charge < -0.3 is 20.5 Å². The number of nitrogens with zero attached hydrogens (tertiary/aromatic N) is 1. The smallest absolute Gasteiger partial charge is 0.397 e. The summed E-state index contributed by atoms with van der Waals surface area (Å²) in [5, 5.41) is 2.57. The molecule has 1 fully saturated rings. The Morgan fingerprint density at radius 1 is 1.25 bits per heavy atom. The molecule has 2 heterocycles. The fraction of sp³-hybridized carbons (Fsp3) is 0.400. The molecule has 174 valence electrons. The van der Waals surface area contributed by atoms with Crippen molar-refractivity contribution in [3.63, 3.8) is 0 Å². The Labute approximate surface area is 182 Å². The number of nitrogens with one attached hydrogen (secondary N) is 1. The zero-order valence-corrected chi connectivity index (χ0v) is 17.7. The number of anilines is 1. The van der Waals surface area contributed by atoms with E-state index in [9.17, 15) is 26.4 Å². The number of ether oxygens (including phenoxy) is 2. The van der Waals surface area contributed by atoms with Crippen LogP contribution in [0.5, 0.6) is 0 Å². The average Bonchev–Trinajstić information content (AvgIpc) is 3.26. The lowest BCUT2D eigenvalue weighted by atomic mass is 10.2. The van der Waals surface area contributed by atoms with Gasteiger partial charge in [0.15, 0.2) is 5.69 Å². The number of hydrogen-bond donors (Lipinski definition) is 2. The zero-order chi connectivity index (χ0) is 23.4. The van der Waals surface area contributed by atoms with E-state index in [4.69, 9.17) is 15.2 Å². The summed E-state index contributed by atoms with van der Waals surface area (Å²) in [5.41, 5.74) is 4.48. The molecule has 2 aromatic rings. The van der Waals surface area contributed by atoms with Crippen molar-refractivity contribution in [1.82, 2.24) is 10.3 Å². The number of pyridine rings is 1. The molecule has 1 aliphatic heterocycles. The molecule has 0 spiro atoms. The van der Waals surface area contributed by atoms with E-state index in [1.807, 2.05) is 0 Å². The van der Waals surface area contributed by atoms with Crippen molar-refractivity contribution in [3.8, 4) is 0 Å². The van der Waals surface area contributed by atoms with E-state index >= 15 is 0 Å². The fourth-order valence-corrected chi connectivity index (χ4v) is 4.31. The number of nitrogens with two attached hydrogens (primary N) is 1. The van der Waals surface area contributed by atoms with E-state index in [0.29, 0.717) is 18.7 Å². The molecule has 1 aromatic carbocycles. The van der Waals surface area contributed by atoms with Gasteiger partial charge in [-0.3, -0.25) is 4.79 Å². The highest BCUT2D eigenvalue weighted by atomic mass is 32.2. The molecule has 0 bridgehead atoms. The highest BCUT2D eigenvalue weighted by molar-refractivity contribution is 7.91. The van der Waals surface area contributed by atoms with Crippen LogP contribution in [0.2, 0.25) is 0 Å². The lowest BCUT2D eigenvalue weighted by Gasteiger charge is -2.12. The minimum Gasteiger partial charge on any atom is -0.397 e. The Hall–Kier alpha value is -2.70. The molecular formula is C20H22F3N3O5S. The number of hydrogen-bond acceptors (Lipinski definition) is 7. The maximum atomic E-state index is 12.7. The summed E-state index contributed by atoms with van der Waals surface area (Å²) in [6.45, 7) is 1.61. The average molecular weight is 473 g/mol. The van der Waals surface area contributed by atoms with E-state index < -0.39 is 27.5 Å². The van der Waals surface area contributed by atoms with Crippen LogP contribution >= 0.6 is 0 Å². The van der Waals surface area contributed by atoms with Gasteiger partial charge >= 0.3 is 6.18 Å². The van der Waals surface area contributed by atoms with Crippen molar-refractivity contribution in [1.29, 1.82) is 0 Å². The third-order valence-corrected chi connectivity index (χ3v) is 6.51. The number of halogens is 3. The zero-order valence-electron chi connectivity index (χ0n) is 16.9. The number of nitrogen functional groups attached to an aromatic ring is 1. The van der Waals surface area contributed by atoms with E-state index in [0.717, 1.165) is 43.8 Å². The van der Waals surface area contributed by atoms with E-state index in [1.54, 1.807) is 0 Å². The number of aromatic nitrogens is 1. The minimum absolute atomic E-state index is 0.0715. The van der Waals surface area contributed by atoms with Crippen molar-refractivity contribution in [2.24, 2.45) is 0 Å². The summed E-state index contributed by atoms with van der Waals surface area (Å²) in [4.78, 5) is 15.4. The number of benzene rings is 1. The summed E-state index contributed by atoms with van der Waals surface area (Å²) < 4.78 is 74.3. The SMILES string of the molecule is Nc1cc(S(=O)(=O)c2ccc(C(F)(F)F)cc2)cnc1C(=O)NCCOCC1CCCO1. The monoisotopic (exact) mass is 473 g/mol. The Kier molecular flexibility index (Phi) is 7.36. The van der Waals surface area contributed by atoms with E-state index in [2.05, 4.69) is 10.3 Å². The summed E-state index contributed by atoms with van der Waals surface area (Å²) in [6.07, 6.45) is -1.64. The number of amides is 1. The molecule has 12 heteroatoms. The first-order chi connectivity index (χ1) is 15.1. The topological polar surface area (TPSA) is 121 Å². The van der Waals surface area contributed by atoms with Crippen molar-refractivity contribution in [2.75, 3.05) is 32.1 Å². The molecular weight excluding hydrogens is 451 g/mol. The summed E-state index contributed by atoms with van der Waals surface area (Å²) in [6, 6.07) is 4.10. The molecule has 1 saturated heterocycles. The molecule has 3 rings (SSSR count). The van der Waals surface area contributed by atoms with Crippen LogP contribution in [-0.2, 0) is 25.5 Å².